The lowest BCUT2D eigenvalue weighted by atomic mass is 9.89. The third-order valence-electron chi connectivity index (χ3n) is 6.15. The molecule has 1 spiro atoms. The van der Waals surface area contributed by atoms with Gasteiger partial charge in [0, 0.05) is 33.1 Å². The van der Waals surface area contributed by atoms with Gasteiger partial charge < -0.3 is 24.6 Å². The maximum atomic E-state index is 14.9. The standard InChI is InChI=1S/C21H29FN4O4/c1-15(27)23-12-17-13-26(20(28)30-17)16-3-4-19(18(22)11-16)25-7-5-21(6-8-25)14-24(2)9-10-29-21/h3-4,11,17H,5-10,12-14H2,1-2H3,(H,23,27)/t17-/m0/s1. The molecule has 1 aromatic rings. The molecule has 1 atom stereocenters. The van der Waals surface area contributed by atoms with Crippen molar-refractivity contribution in [3.8, 4) is 0 Å². The first kappa shape index (κ1) is 20.9. The zero-order valence-electron chi connectivity index (χ0n) is 17.5. The number of hydrogen-bond acceptors (Lipinski definition) is 6. The normalized spacial score (nSPS) is 24.2. The molecule has 0 radical (unpaired) electrons. The number of anilines is 2. The average molecular weight is 420 g/mol. The number of piperidine rings is 1. The van der Waals surface area contributed by atoms with E-state index in [9.17, 15) is 14.0 Å². The van der Waals surface area contributed by atoms with Crippen molar-refractivity contribution in [2.45, 2.75) is 31.5 Å². The number of ether oxygens (including phenoxy) is 2. The quantitative estimate of drug-likeness (QED) is 0.798. The number of carbonyl (C=O) groups is 2. The number of morpholine rings is 1. The summed E-state index contributed by atoms with van der Waals surface area (Å²) in [5.74, 6) is -0.545. The van der Waals surface area contributed by atoms with Crippen LogP contribution in [0.5, 0.6) is 0 Å². The predicted molar refractivity (Wildman–Crippen MR) is 110 cm³/mol. The van der Waals surface area contributed by atoms with Gasteiger partial charge in [0.2, 0.25) is 5.91 Å². The molecule has 3 aliphatic rings. The van der Waals surface area contributed by atoms with Gasteiger partial charge in [0.05, 0.1) is 36.7 Å². The second kappa shape index (κ2) is 8.39. The highest BCUT2D eigenvalue weighted by atomic mass is 19.1. The number of likely N-dealkylation sites (N-methyl/N-ethyl adjacent to an activating group) is 1. The molecule has 4 rings (SSSR count). The molecule has 1 N–H and O–H groups in total. The first-order chi connectivity index (χ1) is 14.3. The number of benzene rings is 1. The molecule has 164 valence electrons. The van der Waals surface area contributed by atoms with E-state index in [1.807, 2.05) is 4.90 Å². The molecule has 0 bridgehead atoms. The molecular weight excluding hydrogens is 391 g/mol. The van der Waals surface area contributed by atoms with Crippen molar-refractivity contribution in [2.24, 2.45) is 0 Å². The summed E-state index contributed by atoms with van der Waals surface area (Å²) >= 11 is 0. The van der Waals surface area contributed by atoms with E-state index >= 15 is 0 Å². The lowest BCUT2D eigenvalue weighted by Gasteiger charge is -2.47. The number of nitrogens with one attached hydrogen (secondary N) is 1. The van der Waals surface area contributed by atoms with E-state index in [0.717, 1.165) is 45.6 Å². The van der Waals surface area contributed by atoms with Crippen molar-refractivity contribution < 1.29 is 23.5 Å². The van der Waals surface area contributed by atoms with Crippen LogP contribution in [0, 0.1) is 5.82 Å². The van der Waals surface area contributed by atoms with Crippen LogP contribution in [0.3, 0.4) is 0 Å². The Morgan fingerprint density at radius 3 is 2.73 bits per heavy atom. The van der Waals surface area contributed by atoms with Gasteiger partial charge in [0.1, 0.15) is 11.9 Å². The summed E-state index contributed by atoms with van der Waals surface area (Å²) in [6.45, 7) is 5.99. The lowest BCUT2D eigenvalue weighted by Crippen LogP contribution is -2.56. The Hall–Kier alpha value is -2.39. The molecule has 0 unspecified atom stereocenters. The summed E-state index contributed by atoms with van der Waals surface area (Å²) < 4.78 is 26.3. The van der Waals surface area contributed by atoms with E-state index in [1.54, 1.807) is 12.1 Å². The Kier molecular flexibility index (Phi) is 5.84. The van der Waals surface area contributed by atoms with Crippen LogP contribution < -0.4 is 15.1 Å². The van der Waals surface area contributed by atoms with E-state index in [2.05, 4.69) is 17.3 Å². The molecule has 3 heterocycles. The molecule has 3 aliphatic heterocycles. The third-order valence-corrected chi connectivity index (χ3v) is 6.15. The van der Waals surface area contributed by atoms with Gasteiger partial charge in [-0.15, -0.1) is 0 Å². The van der Waals surface area contributed by atoms with Crippen LogP contribution in [0.25, 0.3) is 0 Å². The molecular formula is C21H29FN4O4. The van der Waals surface area contributed by atoms with Crippen LogP contribution >= 0.6 is 0 Å². The van der Waals surface area contributed by atoms with Crippen molar-refractivity contribution in [1.82, 2.24) is 10.2 Å². The van der Waals surface area contributed by atoms with Crippen molar-refractivity contribution in [3.05, 3.63) is 24.0 Å². The molecule has 9 heteroatoms. The molecule has 1 aromatic carbocycles. The zero-order valence-corrected chi connectivity index (χ0v) is 17.5. The van der Waals surface area contributed by atoms with E-state index in [-0.39, 0.29) is 30.4 Å². The second-order valence-corrected chi connectivity index (χ2v) is 8.45. The summed E-state index contributed by atoms with van der Waals surface area (Å²) in [5, 5.41) is 2.63. The van der Waals surface area contributed by atoms with Gasteiger partial charge in [-0.3, -0.25) is 9.69 Å². The van der Waals surface area contributed by atoms with Gasteiger partial charge in [-0.1, -0.05) is 0 Å². The molecule has 0 saturated carbocycles. The van der Waals surface area contributed by atoms with Crippen molar-refractivity contribution >= 4 is 23.4 Å². The van der Waals surface area contributed by atoms with Crippen LogP contribution in [0.15, 0.2) is 18.2 Å². The number of nitrogens with zero attached hydrogens (tertiary/aromatic N) is 3. The second-order valence-electron chi connectivity index (χ2n) is 8.45. The number of amides is 2. The fourth-order valence-electron chi connectivity index (χ4n) is 4.51. The Morgan fingerprint density at radius 1 is 1.30 bits per heavy atom. The Labute approximate surface area is 175 Å². The minimum atomic E-state index is -0.531. The van der Waals surface area contributed by atoms with Gasteiger partial charge >= 0.3 is 6.09 Å². The van der Waals surface area contributed by atoms with Crippen LogP contribution in [0.4, 0.5) is 20.6 Å². The van der Waals surface area contributed by atoms with Gasteiger partial charge in [-0.2, -0.15) is 0 Å². The first-order valence-electron chi connectivity index (χ1n) is 10.4. The summed E-state index contributed by atoms with van der Waals surface area (Å²) in [6.07, 6.45) is 0.746. The van der Waals surface area contributed by atoms with E-state index in [4.69, 9.17) is 9.47 Å². The fourth-order valence-corrected chi connectivity index (χ4v) is 4.51. The predicted octanol–water partition coefficient (Wildman–Crippen LogP) is 1.59. The van der Waals surface area contributed by atoms with Crippen LogP contribution in [-0.2, 0) is 14.3 Å². The number of carbonyl (C=O) groups excluding carboxylic acids is 2. The monoisotopic (exact) mass is 420 g/mol. The smallest absolute Gasteiger partial charge is 0.414 e. The van der Waals surface area contributed by atoms with E-state index in [0.29, 0.717) is 11.4 Å². The van der Waals surface area contributed by atoms with Crippen molar-refractivity contribution in [3.63, 3.8) is 0 Å². The lowest BCUT2D eigenvalue weighted by molar-refractivity contribution is -0.119. The van der Waals surface area contributed by atoms with Gasteiger partial charge in [0.25, 0.3) is 0 Å². The van der Waals surface area contributed by atoms with Gasteiger partial charge in [0.15, 0.2) is 0 Å². The summed E-state index contributed by atoms with van der Waals surface area (Å²) in [7, 11) is 2.11. The highest BCUT2D eigenvalue weighted by Crippen LogP contribution is 2.34. The molecule has 0 aromatic heterocycles. The van der Waals surface area contributed by atoms with Crippen LogP contribution in [0.2, 0.25) is 0 Å². The summed E-state index contributed by atoms with van der Waals surface area (Å²) in [5.41, 5.74) is 0.875. The number of rotatable bonds is 4. The molecule has 8 nitrogen and oxygen atoms in total. The summed E-state index contributed by atoms with van der Waals surface area (Å²) in [4.78, 5) is 29.0. The zero-order chi connectivity index (χ0) is 21.3. The van der Waals surface area contributed by atoms with E-state index < -0.39 is 12.2 Å². The average Bonchev–Trinajstić information content (AvgIpc) is 3.08. The number of halogens is 1. The Balaban J connectivity index is 1.39. The Morgan fingerprint density at radius 2 is 2.07 bits per heavy atom. The van der Waals surface area contributed by atoms with Crippen LogP contribution in [-0.4, -0.2) is 81.5 Å². The van der Waals surface area contributed by atoms with Crippen LogP contribution in [0.1, 0.15) is 19.8 Å². The Bertz CT molecular complexity index is 812. The topological polar surface area (TPSA) is 74.4 Å². The maximum Gasteiger partial charge on any atom is 0.414 e. The highest BCUT2D eigenvalue weighted by Gasteiger charge is 2.39. The highest BCUT2D eigenvalue weighted by molar-refractivity contribution is 5.90. The van der Waals surface area contributed by atoms with Crippen molar-refractivity contribution in [1.29, 1.82) is 0 Å². The minimum absolute atomic E-state index is 0.123. The third kappa shape index (κ3) is 4.37. The van der Waals surface area contributed by atoms with Gasteiger partial charge in [-0.05, 0) is 38.1 Å². The number of cyclic esters (lactones) is 1. The molecule has 0 aliphatic carbocycles. The van der Waals surface area contributed by atoms with E-state index in [1.165, 1.54) is 17.9 Å². The largest absolute Gasteiger partial charge is 0.442 e. The molecule has 3 fully saturated rings. The van der Waals surface area contributed by atoms with Crippen molar-refractivity contribution in [2.75, 3.05) is 62.7 Å². The first-order valence-corrected chi connectivity index (χ1v) is 10.4. The molecule has 30 heavy (non-hydrogen) atoms. The number of hydrogen-bond donors (Lipinski definition) is 1. The minimum Gasteiger partial charge on any atom is -0.442 e. The maximum absolute atomic E-state index is 14.9. The SMILES string of the molecule is CC(=O)NC[C@H]1CN(c2ccc(N3CCC4(CC3)CN(C)CCO4)c(F)c2)C(=O)O1. The molecule has 3 saturated heterocycles. The molecule has 2 amide bonds. The summed E-state index contributed by atoms with van der Waals surface area (Å²) in [6, 6.07) is 4.85. The van der Waals surface area contributed by atoms with Gasteiger partial charge in [-0.25, -0.2) is 9.18 Å². The fraction of sp³-hybridized carbons (Fsp3) is 0.619.